The van der Waals surface area contributed by atoms with Crippen molar-refractivity contribution < 1.29 is 14.6 Å². The second-order valence-corrected chi connectivity index (χ2v) is 6.67. The van der Waals surface area contributed by atoms with Gasteiger partial charge in [0.1, 0.15) is 0 Å². The maximum atomic E-state index is 10.9. The van der Waals surface area contributed by atoms with Crippen LogP contribution in [0.3, 0.4) is 0 Å². The summed E-state index contributed by atoms with van der Waals surface area (Å²) in [7, 11) is 0. The quantitative estimate of drug-likeness (QED) is 0.722. The van der Waals surface area contributed by atoms with E-state index in [1.54, 1.807) is 0 Å². The monoisotopic (exact) mass is 297 g/mol. The number of carboxylic acid groups (broad SMARTS) is 1. The molecule has 0 aromatic carbocycles. The lowest BCUT2D eigenvalue weighted by molar-refractivity contribution is -0.142. The Bertz CT molecular complexity index is 307. The molecule has 1 unspecified atom stereocenters. The molecule has 21 heavy (non-hydrogen) atoms. The summed E-state index contributed by atoms with van der Waals surface area (Å²) in [5, 5.41) is 12.6. The van der Waals surface area contributed by atoms with Crippen LogP contribution < -0.4 is 5.32 Å². The van der Waals surface area contributed by atoms with Crippen molar-refractivity contribution in [2.45, 2.75) is 76.9 Å². The van der Waals surface area contributed by atoms with Gasteiger partial charge in [-0.3, -0.25) is 4.79 Å². The van der Waals surface area contributed by atoms with Crippen molar-refractivity contribution in [2.24, 2.45) is 11.8 Å². The molecule has 122 valence electrons. The SMILES string of the molecule is CCOC(CCNC1CCC(C(=O)O)CC1)C1CCCC1. The molecule has 0 aromatic heterocycles. The van der Waals surface area contributed by atoms with Gasteiger partial charge in [-0.1, -0.05) is 12.8 Å². The summed E-state index contributed by atoms with van der Waals surface area (Å²) in [6, 6.07) is 0.506. The van der Waals surface area contributed by atoms with E-state index >= 15 is 0 Å². The van der Waals surface area contributed by atoms with Crippen LogP contribution >= 0.6 is 0 Å². The predicted octanol–water partition coefficient (Wildman–Crippen LogP) is 3.20. The summed E-state index contributed by atoms with van der Waals surface area (Å²) in [6.45, 7) is 3.90. The van der Waals surface area contributed by atoms with E-state index in [4.69, 9.17) is 9.84 Å². The van der Waals surface area contributed by atoms with Crippen LogP contribution in [0.15, 0.2) is 0 Å². The van der Waals surface area contributed by atoms with Crippen molar-refractivity contribution in [1.82, 2.24) is 5.32 Å². The molecule has 2 saturated carbocycles. The lowest BCUT2D eigenvalue weighted by atomic mass is 9.86. The standard InChI is InChI=1S/C17H31NO3/c1-2-21-16(13-5-3-4-6-13)11-12-18-15-9-7-14(8-10-15)17(19)20/h13-16,18H,2-12H2,1H3,(H,19,20). The third-order valence-electron chi connectivity index (χ3n) is 5.24. The van der Waals surface area contributed by atoms with Crippen LogP contribution in [0.1, 0.15) is 64.7 Å². The molecule has 0 saturated heterocycles. The molecule has 2 aliphatic carbocycles. The van der Waals surface area contributed by atoms with Gasteiger partial charge >= 0.3 is 5.97 Å². The van der Waals surface area contributed by atoms with Gasteiger partial charge in [0, 0.05) is 12.6 Å². The Morgan fingerprint density at radius 3 is 2.43 bits per heavy atom. The maximum Gasteiger partial charge on any atom is 0.306 e. The smallest absolute Gasteiger partial charge is 0.306 e. The molecule has 4 heteroatoms. The van der Waals surface area contributed by atoms with Crippen LogP contribution in [0.4, 0.5) is 0 Å². The van der Waals surface area contributed by atoms with Gasteiger partial charge in [-0.05, 0) is 64.3 Å². The largest absolute Gasteiger partial charge is 0.481 e. The Morgan fingerprint density at radius 1 is 1.19 bits per heavy atom. The topological polar surface area (TPSA) is 58.6 Å². The van der Waals surface area contributed by atoms with Crippen molar-refractivity contribution in [3.63, 3.8) is 0 Å². The van der Waals surface area contributed by atoms with E-state index in [9.17, 15) is 4.79 Å². The Labute approximate surface area is 128 Å². The van der Waals surface area contributed by atoms with Crippen molar-refractivity contribution >= 4 is 5.97 Å². The molecule has 0 bridgehead atoms. The first kappa shape index (κ1) is 16.8. The fourth-order valence-corrected chi connectivity index (χ4v) is 3.97. The van der Waals surface area contributed by atoms with Crippen molar-refractivity contribution in [3.8, 4) is 0 Å². The summed E-state index contributed by atoms with van der Waals surface area (Å²) in [5.41, 5.74) is 0. The molecule has 0 amide bonds. The molecule has 0 heterocycles. The van der Waals surface area contributed by atoms with E-state index in [2.05, 4.69) is 12.2 Å². The van der Waals surface area contributed by atoms with Crippen LogP contribution in [-0.4, -0.2) is 36.4 Å². The van der Waals surface area contributed by atoms with Gasteiger partial charge in [-0.15, -0.1) is 0 Å². The highest BCUT2D eigenvalue weighted by molar-refractivity contribution is 5.70. The molecule has 0 radical (unpaired) electrons. The van der Waals surface area contributed by atoms with Gasteiger partial charge in [0.2, 0.25) is 0 Å². The average Bonchev–Trinajstić information content (AvgIpc) is 3.01. The number of ether oxygens (including phenoxy) is 1. The number of hydrogen-bond acceptors (Lipinski definition) is 3. The Balaban J connectivity index is 1.64. The molecule has 1 atom stereocenters. The number of carboxylic acids is 1. The van der Waals surface area contributed by atoms with Gasteiger partial charge < -0.3 is 15.2 Å². The minimum Gasteiger partial charge on any atom is -0.481 e. The van der Waals surface area contributed by atoms with Gasteiger partial charge in [0.25, 0.3) is 0 Å². The molecule has 2 aliphatic rings. The molecular formula is C17H31NO3. The molecule has 4 nitrogen and oxygen atoms in total. The number of rotatable bonds is 8. The number of nitrogens with one attached hydrogen (secondary N) is 1. The molecule has 0 aliphatic heterocycles. The molecule has 2 fully saturated rings. The predicted molar refractivity (Wildman–Crippen MR) is 83.4 cm³/mol. The first-order valence-electron chi connectivity index (χ1n) is 8.78. The molecule has 2 rings (SSSR count). The third-order valence-corrected chi connectivity index (χ3v) is 5.24. The number of hydrogen-bond donors (Lipinski definition) is 2. The summed E-state index contributed by atoms with van der Waals surface area (Å²) < 4.78 is 5.95. The van der Waals surface area contributed by atoms with Crippen LogP contribution in [0, 0.1) is 11.8 Å². The van der Waals surface area contributed by atoms with Gasteiger partial charge in [-0.2, -0.15) is 0 Å². The molecule has 0 aromatic rings. The number of carbonyl (C=O) groups is 1. The first-order chi connectivity index (χ1) is 10.2. The van der Waals surface area contributed by atoms with E-state index in [1.165, 1.54) is 25.7 Å². The highest BCUT2D eigenvalue weighted by Gasteiger charge is 2.27. The van der Waals surface area contributed by atoms with E-state index < -0.39 is 5.97 Å². The van der Waals surface area contributed by atoms with Gasteiger partial charge in [-0.25, -0.2) is 0 Å². The minimum atomic E-state index is -0.619. The van der Waals surface area contributed by atoms with Gasteiger partial charge in [0.15, 0.2) is 0 Å². The number of aliphatic carboxylic acids is 1. The fourth-order valence-electron chi connectivity index (χ4n) is 3.97. The summed E-state index contributed by atoms with van der Waals surface area (Å²) in [5.74, 6) is 0.0262. The molecule has 2 N–H and O–H groups in total. The first-order valence-corrected chi connectivity index (χ1v) is 8.78. The summed E-state index contributed by atoms with van der Waals surface area (Å²) in [6.07, 6.45) is 10.5. The lowest BCUT2D eigenvalue weighted by Gasteiger charge is -2.28. The van der Waals surface area contributed by atoms with Crippen molar-refractivity contribution in [3.05, 3.63) is 0 Å². The van der Waals surface area contributed by atoms with Crippen LogP contribution in [-0.2, 0) is 9.53 Å². The van der Waals surface area contributed by atoms with E-state index in [-0.39, 0.29) is 5.92 Å². The highest BCUT2D eigenvalue weighted by atomic mass is 16.5. The second-order valence-electron chi connectivity index (χ2n) is 6.67. The zero-order valence-electron chi connectivity index (χ0n) is 13.4. The highest BCUT2D eigenvalue weighted by Crippen LogP contribution is 2.31. The van der Waals surface area contributed by atoms with Crippen LogP contribution in [0.5, 0.6) is 0 Å². The average molecular weight is 297 g/mol. The zero-order valence-corrected chi connectivity index (χ0v) is 13.4. The molecular weight excluding hydrogens is 266 g/mol. The van der Waals surface area contributed by atoms with Crippen LogP contribution in [0.2, 0.25) is 0 Å². The lowest BCUT2D eigenvalue weighted by Crippen LogP contribution is -2.37. The normalized spacial score (nSPS) is 28.6. The Kier molecular flexibility index (Phi) is 6.97. The van der Waals surface area contributed by atoms with Crippen molar-refractivity contribution in [1.29, 1.82) is 0 Å². The Morgan fingerprint density at radius 2 is 1.86 bits per heavy atom. The van der Waals surface area contributed by atoms with E-state index in [1.807, 2.05) is 0 Å². The minimum absolute atomic E-state index is 0.113. The summed E-state index contributed by atoms with van der Waals surface area (Å²) in [4.78, 5) is 10.9. The molecule has 0 spiro atoms. The van der Waals surface area contributed by atoms with Crippen molar-refractivity contribution in [2.75, 3.05) is 13.2 Å². The Hall–Kier alpha value is -0.610. The summed E-state index contributed by atoms with van der Waals surface area (Å²) >= 11 is 0. The fraction of sp³-hybridized carbons (Fsp3) is 0.941. The third kappa shape index (κ3) is 5.26. The van der Waals surface area contributed by atoms with Gasteiger partial charge in [0.05, 0.1) is 12.0 Å². The van der Waals surface area contributed by atoms with Crippen LogP contribution in [0.25, 0.3) is 0 Å². The van der Waals surface area contributed by atoms with E-state index in [0.717, 1.165) is 51.2 Å². The second kappa shape index (κ2) is 8.74. The maximum absolute atomic E-state index is 10.9. The zero-order chi connectivity index (χ0) is 15.1. The van der Waals surface area contributed by atoms with E-state index in [0.29, 0.717) is 12.1 Å².